The predicted octanol–water partition coefficient (Wildman–Crippen LogP) is -0.658. The zero-order valence-corrected chi connectivity index (χ0v) is 12.0. The second kappa shape index (κ2) is 4.32. The second-order valence-electron chi connectivity index (χ2n) is 5.04. The van der Waals surface area contributed by atoms with Crippen molar-refractivity contribution in [3.05, 3.63) is 27.2 Å². The molecule has 0 aromatic carbocycles. The third-order valence-electron chi connectivity index (χ3n) is 3.43. The average Bonchev–Trinajstić information content (AvgIpc) is 2.87. The highest BCUT2D eigenvalue weighted by molar-refractivity contribution is 5.81. The molecular formula is C12H16N4O4. The Balaban J connectivity index is 2.93. The Bertz CT molecular complexity index is 809. The molecule has 0 radical (unpaired) electrons. The summed E-state index contributed by atoms with van der Waals surface area (Å²) in [5, 5.41) is 0. The van der Waals surface area contributed by atoms with Crippen LogP contribution in [0.15, 0.2) is 15.9 Å². The summed E-state index contributed by atoms with van der Waals surface area (Å²) in [6, 6.07) is 0. The van der Waals surface area contributed by atoms with Gasteiger partial charge in [0, 0.05) is 14.1 Å². The van der Waals surface area contributed by atoms with Gasteiger partial charge < -0.3 is 9.30 Å². The van der Waals surface area contributed by atoms with Crippen LogP contribution in [0, 0.1) is 0 Å². The largest absolute Gasteiger partial charge is 0.467 e. The second-order valence-corrected chi connectivity index (χ2v) is 5.04. The first kappa shape index (κ1) is 14.0. The van der Waals surface area contributed by atoms with Crippen molar-refractivity contribution in [1.82, 2.24) is 18.7 Å². The number of methoxy groups -OCH3 is 1. The lowest BCUT2D eigenvalue weighted by atomic mass is 10.1. The fraction of sp³-hybridized carbons (Fsp3) is 0.500. The highest BCUT2D eigenvalue weighted by Gasteiger charge is 2.33. The number of hydrogen-bond donors (Lipinski definition) is 0. The van der Waals surface area contributed by atoms with E-state index in [1.165, 1.54) is 36.7 Å². The summed E-state index contributed by atoms with van der Waals surface area (Å²) in [5.41, 5.74) is -1.66. The van der Waals surface area contributed by atoms with Crippen molar-refractivity contribution < 1.29 is 9.53 Å². The Morgan fingerprint density at radius 2 is 1.85 bits per heavy atom. The Hall–Kier alpha value is -2.38. The van der Waals surface area contributed by atoms with E-state index >= 15 is 0 Å². The van der Waals surface area contributed by atoms with Crippen molar-refractivity contribution in [3.63, 3.8) is 0 Å². The first-order chi connectivity index (χ1) is 9.23. The zero-order chi connectivity index (χ0) is 15.2. The van der Waals surface area contributed by atoms with E-state index in [1.54, 1.807) is 13.8 Å². The summed E-state index contributed by atoms with van der Waals surface area (Å²) in [6.07, 6.45) is 1.36. The number of hydrogen-bond acceptors (Lipinski definition) is 5. The Kier molecular flexibility index (Phi) is 3.04. The van der Waals surface area contributed by atoms with Crippen molar-refractivity contribution in [1.29, 1.82) is 0 Å². The lowest BCUT2D eigenvalue weighted by Gasteiger charge is -2.23. The molecule has 0 amide bonds. The van der Waals surface area contributed by atoms with Crippen molar-refractivity contribution in [3.8, 4) is 0 Å². The van der Waals surface area contributed by atoms with Crippen LogP contribution in [0.5, 0.6) is 0 Å². The SMILES string of the molecule is COC(=O)C(C)(C)n1cnc2c1c(=O)n(C)c(=O)n2C. The number of aryl methyl sites for hydroxylation is 1. The van der Waals surface area contributed by atoms with E-state index in [-0.39, 0.29) is 11.2 Å². The van der Waals surface area contributed by atoms with Crippen LogP contribution in [0.1, 0.15) is 13.8 Å². The summed E-state index contributed by atoms with van der Waals surface area (Å²) >= 11 is 0. The smallest absolute Gasteiger partial charge is 0.332 e. The first-order valence-electron chi connectivity index (χ1n) is 5.95. The van der Waals surface area contributed by atoms with Gasteiger partial charge in [-0.15, -0.1) is 0 Å². The molecule has 108 valence electrons. The summed E-state index contributed by atoms with van der Waals surface area (Å²) < 4.78 is 8.42. The average molecular weight is 280 g/mol. The summed E-state index contributed by atoms with van der Waals surface area (Å²) in [7, 11) is 4.18. The highest BCUT2D eigenvalue weighted by Crippen LogP contribution is 2.20. The molecule has 0 fully saturated rings. The van der Waals surface area contributed by atoms with Crippen molar-refractivity contribution in [2.45, 2.75) is 19.4 Å². The molecule has 2 aromatic rings. The molecule has 8 nitrogen and oxygen atoms in total. The van der Waals surface area contributed by atoms with Gasteiger partial charge in [-0.05, 0) is 13.8 Å². The van der Waals surface area contributed by atoms with E-state index in [2.05, 4.69) is 4.98 Å². The van der Waals surface area contributed by atoms with Crippen molar-refractivity contribution in [2.75, 3.05) is 7.11 Å². The molecule has 0 aliphatic heterocycles. The summed E-state index contributed by atoms with van der Waals surface area (Å²) in [6.45, 7) is 3.23. The van der Waals surface area contributed by atoms with Gasteiger partial charge in [0.05, 0.1) is 13.4 Å². The number of carbonyl (C=O) groups is 1. The number of ether oxygens (including phenoxy) is 1. The number of nitrogens with zero attached hydrogens (tertiary/aromatic N) is 4. The third kappa shape index (κ3) is 1.68. The van der Waals surface area contributed by atoms with Crippen LogP contribution in [-0.2, 0) is 29.2 Å². The van der Waals surface area contributed by atoms with Crippen LogP contribution in [0.3, 0.4) is 0 Å². The lowest BCUT2D eigenvalue weighted by molar-refractivity contribution is -0.149. The molecule has 0 spiro atoms. The number of fused-ring (bicyclic) bond motifs is 1. The standard InChI is InChI=1S/C12H16N4O4/c1-12(2,10(18)20-5)16-6-13-8-7(16)9(17)15(4)11(19)14(8)3/h6H,1-5H3. The van der Waals surface area contributed by atoms with Gasteiger partial charge in [-0.25, -0.2) is 14.6 Å². The number of esters is 1. The third-order valence-corrected chi connectivity index (χ3v) is 3.43. The predicted molar refractivity (Wildman–Crippen MR) is 71.6 cm³/mol. The van der Waals surface area contributed by atoms with Crippen LogP contribution in [0.4, 0.5) is 0 Å². The molecule has 0 aliphatic carbocycles. The fourth-order valence-corrected chi connectivity index (χ4v) is 2.12. The van der Waals surface area contributed by atoms with Gasteiger partial charge >= 0.3 is 11.7 Å². The van der Waals surface area contributed by atoms with Crippen LogP contribution in [-0.4, -0.2) is 31.8 Å². The number of aromatic nitrogens is 4. The number of imidazole rings is 1. The number of carbonyl (C=O) groups excluding carboxylic acids is 1. The molecule has 0 N–H and O–H groups in total. The molecular weight excluding hydrogens is 264 g/mol. The van der Waals surface area contributed by atoms with Gasteiger partial charge in [-0.1, -0.05) is 0 Å². The minimum atomic E-state index is -1.10. The Morgan fingerprint density at radius 1 is 1.25 bits per heavy atom. The quantitative estimate of drug-likeness (QED) is 0.682. The van der Waals surface area contributed by atoms with Gasteiger partial charge in [-0.2, -0.15) is 0 Å². The van der Waals surface area contributed by atoms with Crippen LogP contribution < -0.4 is 11.2 Å². The molecule has 2 heterocycles. The van der Waals surface area contributed by atoms with Gasteiger partial charge in [0.25, 0.3) is 5.56 Å². The van der Waals surface area contributed by atoms with E-state index in [4.69, 9.17) is 4.74 Å². The van der Waals surface area contributed by atoms with Crippen LogP contribution >= 0.6 is 0 Å². The van der Waals surface area contributed by atoms with E-state index < -0.39 is 22.8 Å². The fourth-order valence-electron chi connectivity index (χ4n) is 2.12. The first-order valence-corrected chi connectivity index (χ1v) is 5.95. The van der Waals surface area contributed by atoms with Crippen molar-refractivity contribution in [2.24, 2.45) is 14.1 Å². The molecule has 0 aliphatic rings. The molecule has 8 heteroatoms. The maximum atomic E-state index is 12.3. The van der Waals surface area contributed by atoms with Crippen molar-refractivity contribution >= 4 is 17.1 Å². The van der Waals surface area contributed by atoms with Gasteiger partial charge in [0.2, 0.25) is 0 Å². The molecule has 20 heavy (non-hydrogen) atoms. The minimum absolute atomic E-state index is 0.185. The maximum absolute atomic E-state index is 12.3. The molecule has 0 saturated heterocycles. The maximum Gasteiger partial charge on any atom is 0.332 e. The number of rotatable bonds is 2. The normalized spacial score (nSPS) is 11.8. The van der Waals surface area contributed by atoms with E-state index in [0.717, 1.165) is 4.57 Å². The molecule has 0 saturated carbocycles. The molecule has 2 aromatic heterocycles. The monoisotopic (exact) mass is 280 g/mol. The minimum Gasteiger partial charge on any atom is -0.467 e. The van der Waals surface area contributed by atoms with Gasteiger partial charge in [-0.3, -0.25) is 13.9 Å². The van der Waals surface area contributed by atoms with E-state index in [9.17, 15) is 14.4 Å². The lowest BCUT2D eigenvalue weighted by Crippen LogP contribution is -2.41. The van der Waals surface area contributed by atoms with Crippen LogP contribution in [0.2, 0.25) is 0 Å². The Morgan fingerprint density at radius 3 is 2.40 bits per heavy atom. The molecule has 0 atom stereocenters. The highest BCUT2D eigenvalue weighted by atomic mass is 16.5. The molecule has 0 bridgehead atoms. The van der Waals surface area contributed by atoms with Gasteiger partial charge in [0.1, 0.15) is 5.54 Å². The molecule has 0 unspecified atom stereocenters. The van der Waals surface area contributed by atoms with Gasteiger partial charge in [0.15, 0.2) is 11.2 Å². The summed E-state index contributed by atoms with van der Waals surface area (Å²) in [5.74, 6) is -0.507. The topological polar surface area (TPSA) is 88.1 Å². The van der Waals surface area contributed by atoms with E-state index in [0.29, 0.717) is 0 Å². The Labute approximate surface area is 114 Å². The molecule has 2 rings (SSSR count). The van der Waals surface area contributed by atoms with Crippen LogP contribution in [0.25, 0.3) is 11.2 Å². The summed E-state index contributed by atoms with van der Waals surface area (Å²) in [4.78, 5) is 40.1. The van der Waals surface area contributed by atoms with E-state index in [1.807, 2.05) is 0 Å². The zero-order valence-electron chi connectivity index (χ0n) is 12.0.